The fraction of sp³-hybridized carbons (Fsp3) is 0.864. The van der Waals surface area contributed by atoms with E-state index >= 15 is 0 Å². The first-order valence-electron chi connectivity index (χ1n) is 20.8. The Morgan fingerprint density at radius 1 is 0.906 bits per heavy atom. The average Bonchev–Trinajstić information content (AvgIpc) is 3.38. The minimum Gasteiger partial charge on any atom is -0.481 e. The van der Waals surface area contributed by atoms with Crippen LogP contribution in [-0.2, 0) is 23.9 Å². The molecule has 9 heteroatoms. The lowest BCUT2D eigenvalue weighted by molar-refractivity contribution is -0.252. The summed E-state index contributed by atoms with van der Waals surface area (Å²) in [6.07, 6.45) is 8.36. The van der Waals surface area contributed by atoms with Crippen molar-refractivity contribution in [3.63, 3.8) is 0 Å². The van der Waals surface area contributed by atoms with Crippen LogP contribution in [-0.4, -0.2) is 70.6 Å². The quantitative estimate of drug-likeness (QED) is 0.209. The van der Waals surface area contributed by atoms with Gasteiger partial charge in [0.05, 0.1) is 17.9 Å². The van der Waals surface area contributed by atoms with Crippen LogP contribution >= 0.6 is 0 Å². The molecule has 53 heavy (non-hydrogen) atoms. The van der Waals surface area contributed by atoms with E-state index in [1.165, 1.54) is 5.57 Å². The van der Waals surface area contributed by atoms with Gasteiger partial charge >= 0.3 is 11.9 Å². The van der Waals surface area contributed by atoms with Crippen LogP contribution in [0.25, 0.3) is 0 Å². The second-order valence-electron chi connectivity index (χ2n) is 21.2. The van der Waals surface area contributed by atoms with E-state index in [-0.39, 0.29) is 63.1 Å². The van der Waals surface area contributed by atoms with Gasteiger partial charge < -0.3 is 25.6 Å². The van der Waals surface area contributed by atoms with Gasteiger partial charge in [0.1, 0.15) is 6.10 Å². The number of piperidine rings is 1. The molecule has 0 aromatic carbocycles. The Kier molecular flexibility index (Phi) is 10.0. The molecule has 1 saturated heterocycles. The Bertz CT molecular complexity index is 1560. The van der Waals surface area contributed by atoms with Crippen molar-refractivity contribution in [1.29, 1.82) is 0 Å². The lowest BCUT2D eigenvalue weighted by atomic mass is 9.29. The summed E-state index contributed by atoms with van der Waals surface area (Å²) in [7, 11) is 0. The second-order valence-corrected chi connectivity index (χ2v) is 21.2. The van der Waals surface area contributed by atoms with Gasteiger partial charge in [0.15, 0.2) is 5.78 Å². The van der Waals surface area contributed by atoms with E-state index in [2.05, 4.69) is 60.3 Å². The SMILES string of the molecule is CC(C)C1=C2C([C@@H](O)CN3CCC(C(N)=O)CC3)(CC[C@]3(C)C2(C)CC[C@@H]2[C@@]4(C)CC[C@H](OC(=O)CC(C)(C)C(=O)O)C(C)(C)[C@@H]4CC[C@]23C)CC1=O. The Labute approximate surface area is 318 Å². The molecule has 9 atom stereocenters. The summed E-state index contributed by atoms with van der Waals surface area (Å²) in [6, 6.07) is 0. The molecule has 0 radical (unpaired) electrons. The lowest BCUT2D eigenvalue weighted by Crippen LogP contribution is -2.69. The summed E-state index contributed by atoms with van der Waals surface area (Å²) in [5, 5.41) is 22.0. The number of aliphatic hydroxyl groups excluding tert-OH is 1. The van der Waals surface area contributed by atoms with Crippen LogP contribution in [0.2, 0.25) is 0 Å². The van der Waals surface area contributed by atoms with E-state index < -0.39 is 28.9 Å². The molecular formula is C44H70N2O7. The van der Waals surface area contributed by atoms with E-state index in [1.54, 1.807) is 13.8 Å². The molecule has 6 aliphatic rings. The fourth-order valence-electron chi connectivity index (χ4n) is 14.3. The summed E-state index contributed by atoms with van der Waals surface area (Å²) in [4.78, 5) is 53.2. The number of ether oxygens (including phenoxy) is 1. The number of carboxylic acid groups (broad SMARTS) is 1. The molecule has 4 saturated carbocycles. The third-order valence-electron chi connectivity index (χ3n) is 17.6. The summed E-state index contributed by atoms with van der Waals surface area (Å²) in [6.45, 7) is 24.0. The molecule has 0 aromatic rings. The van der Waals surface area contributed by atoms with Crippen molar-refractivity contribution in [1.82, 2.24) is 4.90 Å². The number of rotatable bonds is 9. The number of likely N-dealkylation sites (tertiary alicyclic amines) is 1. The zero-order chi connectivity index (χ0) is 39.3. The van der Waals surface area contributed by atoms with Crippen LogP contribution in [0.15, 0.2) is 11.1 Å². The number of aliphatic carboxylic acids is 1. The molecule has 0 spiro atoms. The molecule has 5 aliphatic carbocycles. The highest BCUT2D eigenvalue weighted by Gasteiger charge is 2.74. The van der Waals surface area contributed by atoms with Crippen LogP contribution in [0, 0.1) is 61.6 Å². The van der Waals surface area contributed by atoms with Gasteiger partial charge in [-0.15, -0.1) is 0 Å². The predicted octanol–water partition coefficient (Wildman–Crippen LogP) is 7.33. The van der Waals surface area contributed by atoms with E-state index in [0.717, 1.165) is 70.0 Å². The number of allylic oxidation sites excluding steroid dienone is 1. The molecule has 1 aliphatic heterocycles. The zero-order valence-electron chi connectivity index (χ0n) is 34.5. The molecule has 1 amide bonds. The number of primary amides is 1. The Balaban J connectivity index is 1.30. The number of carboxylic acids is 1. The monoisotopic (exact) mass is 739 g/mol. The minimum absolute atomic E-state index is 0.00480. The maximum atomic E-state index is 14.2. The first-order chi connectivity index (χ1) is 24.4. The highest BCUT2D eigenvalue weighted by molar-refractivity contribution is 6.01. The van der Waals surface area contributed by atoms with Gasteiger partial charge in [-0.3, -0.25) is 19.2 Å². The Morgan fingerprint density at radius 2 is 1.53 bits per heavy atom. The van der Waals surface area contributed by atoms with Gasteiger partial charge in [-0.2, -0.15) is 0 Å². The number of carbonyl (C=O) groups excluding carboxylic acids is 3. The van der Waals surface area contributed by atoms with Crippen LogP contribution in [0.4, 0.5) is 0 Å². The zero-order valence-corrected chi connectivity index (χ0v) is 34.5. The molecule has 4 N–H and O–H groups in total. The van der Waals surface area contributed by atoms with Crippen molar-refractivity contribution >= 4 is 23.6 Å². The Hall–Kier alpha value is -2.26. The predicted molar refractivity (Wildman–Crippen MR) is 204 cm³/mol. The third kappa shape index (κ3) is 5.89. The maximum Gasteiger partial charge on any atom is 0.309 e. The molecule has 6 rings (SSSR count). The van der Waals surface area contributed by atoms with Gasteiger partial charge in [0, 0.05) is 29.7 Å². The number of carbonyl (C=O) groups is 4. The van der Waals surface area contributed by atoms with Crippen molar-refractivity contribution in [3.05, 3.63) is 11.1 Å². The number of Topliss-reactive ketones (excluding diaryl/α,β-unsaturated/α-hetero) is 1. The topological polar surface area (TPSA) is 147 Å². The van der Waals surface area contributed by atoms with Crippen molar-refractivity contribution in [3.8, 4) is 0 Å². The number of nitrogens with zero attached hydrogens (tertiary/aromatic N) is 1. The largest absolute Gasteiger partial charge is 0.481 e. The van der Waals surface area contributed by atoms with Crippen LogP contribution in [0.3, 0.4) is 0 Å². The number of amides is 1. The molecule has 2 unspecified atom stereocenters. The number of nitrogens with two attached hydrogens (primary N) is 1. The van der Waals surface area contributed by atoms with Gasteiger partial charge in [-0.05, 0) is 142 Å². The smallest absolute Gasteiger partial charge is 0.309 e. The number of hydrogen-bond acceptors (Lipinski definition) is 7. The summed E-state index contributed by atoms with van der Waals surface area (Å²) >= 11 is 0. The molecule has 0 bridgehead atoms. The fourth-order valence-corrected chi connectivity index (χ4v) is 14.3. The number of hydrogen-bond donors (Lipinski definition) is 3. The van der Waals surface area contributed by atoms with Crippen molar-refractivity contribution in [2.24, 2.45) is 67.3 Å². The lowest BCUT2D eigenvalue weighted by Gasteiger charge is -2.75. The number of esters is 1. The van der Waals surface area contributed by atoms with Crippen LogP contribution < -0.4 is 5.73 Å². The second kappa shape index (κ2) is 13.2. The first kappa shape index (κ1) is 40.4. The average molecular weight is 739 g/mol. The van der Waals surface area contributed by atoms with E-state index in [1.807, 2.05) is 0 Å². The molecular weight excluding hydrogens is 668 g/mol. The highest BCUT2D eigenvalue weighted by atomic mass is 16.5. The van der Waals surface area contributed by atoms with E-state index in [4.69, 9.17) is 10.5 Å². The number of β-amino-alcohol motifs (C(OH)–C–C–N with tert-alkyl or cyclic N) is 1. The van der Waals surface area contributed by atoms with Crippen molar-refractivity contribution in [2.75, 3.05) is 19.6 Å². The maximum absolute atomic E-state index is 14.2. The standard InChI is InChI=1S/C44H70N2O7/c1-26(2)34-28(47)23-44(31(48)25-46-21-14-27(15-22-46)36(45)50)20-19-43(10)41(8)17-11-29-39(5,6)32(53-33(49)24-38(3,4)37(51)52)13-16-40(29,7)30(41)12-18-42(43,9)35(34)44/h26-27,29-32,48H,11-25H2,1-10H3,(H2,45,50)(H,51,52)/t29-,30+,31-,32-,40-,41+,42?,43-,44?/m0/s1. The summed E-state index contributed by atoms with van der Waals surface area (Å²) in [5.74, 6) is -0.660. The van der Waals surface area contributed by atoms with E-state index in [0.29, 0.717) is 37.6 Å². The highest BCUT2D eigenvalue weighted by Crippen LogP contribution is 2.80. The molecule has 0 aromatic heterocycles. The molecule has 9 nitrogen and oxygen atoms in total. The van der Waals surface area contributed by atoms with Crippen molar-refractivity contribution < 1.29 is 34.1 Å². The van der Waals surface area contributed by atoms with Gasteiger partial charge in [0.25, 0.3) is 0 Å². The normalized spacial score (nSPS) is 40.9. The minimum atomic E-state index is -1.17. The van der Waals surface area contributed by atoms with Gasteiger partial charge in [-0.1, -0.05) is 55.4 Å². The van der Waals surface area contributed by atoms with Crippen LogP contribution in [0.5, 0.6) is 0 Å². The van der Waals surface area contributed by atoms with Gasteiger partial charge in [-0.25, -0.2) is 0 Å². The first-order valence-corrected chi connectivity index (χ1v) is 20.8. The summed E-state index contributed by atoms with van der Waals surface area (Å²) < 4.78 is 6.18. The van der Waals surface area contributed by atoms with E-state index in [9.17, 15) is 29.4 Å². The molecule has 298 valence electrons. The summed E-state index contributed by atoms with van der Waals surface area (Å²) in [5.41, 5.74) is 5.57. The van der Waals surface area contributed by atoms with Gasteiger partial charge in [0.2, 0.25) is 5.91 Å². The molecule has 5 fully saturated rings. The number of aliphatic hydroxyl groups is 1. The van der Waals surface area contributed by atoms with Crippen molar-refractivity contribution in [2.45, 2.75) is 158 Å². The molecule has 1 heterocycles. The van der Waals surface area contributed by atoms with Crippen LogP contribution in [0.1, 0.15) is 146 Å². The Morgan fingerprint density at radius 3 is 2.11 bits per heavy atom. The number of fused-ring (bicyclic) bond motifs is 7. The number of ketones is 1. The third-order valence-corrected chi connectivity index (χ3v) is 17.6.